The van der Waals surface area contributed by atoms with Gasteiger partial charge in [0.05, 0.1) is 6.10 Å². The van der Waals surface area contributed by atoms with Gasteiger partial charge in [0.2, 0.25) is 5.43 Å². The third-order valence-corrected chi connectivity index (χ3v) is 7.50. The summed E-state index contributed by atoms with van der Waals surface area (Å²) in [5.74, 6) is -0.0201. The number of nitrogens with one attached hydrogen (secondary N) is 1. The van der Waals surface area contributed by atoms with E-state index in [0.717, 1.165) is 58.0 Å². The van der Waals surface area contributed by atoms with Gasteiger partial charge in [-0.05, 0) is 44.4 Å². The van der Waals surface area contributed by atoms with E-state index in [-0.39, 0.29) is 35.1 Å². The van der Waals surface area contributed by atoms with Gasteiger partial charge >= 0.3 is 0 Å². The standard InChI is InChI=1S/C26H39N3O4/c1-19-11-13-29(14-12-19)26(32)23-18-28(16-21-10-7-15-33-21)17-22(24(23)30)25(31)27-20-8-5-3-2-4-6-9-20/h17-21H,2-16H2,1H3,(H,27,31)/t21-/m0/s1. The van der Waals surface area contributed by atoms with Crippen LogP contribution in [-0.4, -0.2) is 53.1 Å². The van der Waals surface area contributed by atoms with E-state index >= 15 is 0 Å². The lowest BCUT2D eigenvalue weighted by Crippen LogP contribution is -2.43. The molecule has 0 unspecified atom stereocenters. The van der Waals surface area contributed by atoms with Crippen LogP contribution < -0.4 is 10.7 Å². The molecule has 3 heterocycles. The Bertz CT molecular complexity index is 874. The van der Waals surface area contributed by atoms with Crippen molar-refractivity contribution in [1.29, 1.82) is 0 Å². The van der Waals surface area contributed by atoms with Gasteiger partial charge < -0.3 is 19.5 Å². The number of amides is 2. The van der Waals surface area contributed by atoms with E-state index in [0.29, 0.717) is 25.6 Å². The van der Waals surface area contributed by atoms with Crippen molar-refractivity contribution in [3.63, 3.8) is 0 Å². The molecule has 0 bridgehead atoms. The molecule has 1 saturated carbocycles. The van der Waals surface area contributed by atoms with Crippen molar-refractivity contribution in [3.8, 4) is 0 Å². The summed E-state index contributed by atoms with van der Waals surface area (Å²) in [4.78, 5) is 41.7. The van der Waals surface area contributed by atoms with Crippen LogP contribution >= 0.6 is 0 Å². The van der Waals surface area contributed by atoms with E-state index in [1.165, 1.54) is 19.3 Å². The SMILES string of the molecule is CC1CCN(C(=O)c2cn(C[C@@H]3CCCO3)cc(C(=O)NC3CCCCCCC3)c2=O)CC1. The molecule has 1 aliphatic carbocycles. The molecule has 1 N–H and O–H groups in total. The Hall–Kier alpha value is -2.15. The maximum absolute atomic E-state index is 13.4. The molecule has 7 heteroatoms. The molecular formula is C26H39N3O4. The van der Waals surface area contributed by atoms with Crippen molar-refractivity contribution in [3.05, 3.63) is 33.7 Å². The molecule has 182 valence electrons. The van der Waals surface area contributed by atoms with E-state index in [1.807, 2.05) is 4.57 Å². The Kier molecular flexibility index (Phi) is 8.23. The van der Waals surface area contributed by atoms with Crippen molar-refractivity contribution >= 4 is 11.8 Å². The third kappa shape index (κ3) is 6.25. The summed E-state index contributed by atoms with van der Waals surface area (Å²) in [5.41, 5.74) is -0.273. The fourth-order valence-corrected chi connectivity index (χ4v) is 5.32. The largest absolute Gasteiger partial charge is 0.376 e. The second-order valence-electron chi connectivity index (χ2n) is 10.2. The smallest absolute Gasteiger partial charge is 0.259 e. The van der Waals surface area contributed by atoms with Gasteiger partial charge in [-0.2, -0.15) is 0 Å². The normalized spacial score (nSPS) is 23.2. The van der Waals surface area contributed by atoms with Gasteiger partial charge in [0.1, 0.15) is 11.1 Å². The van der Waals surface area contributed by atoms with Crippen LogP contribution in [0.3, 0.4) is 0 Å². The van der Waals surface area contributed by atoms with Crippen LogP contribution in [0.2, 0.25) is 0 Å². The molecule has 0 radical (unpaired) electrons. The lowest BCUT2D eigenvalue weighted by molar-refractivity contribution is 0.0693. The monoisotopic (exact) mass is 457 g/mol. The average molecular weight is 458 g/mol. The second kappa shape index (κ2) is 11.3. The minimum absolute atomic E-state index is 0.0489. The Labute approximate surface area is 196 Å². The van der Waals surface area contributed by atoms with Crippen molar-refractivity contribution in [2.75, 3.05) is 19.7 Å². The molecule has 0 aromatic carbocycles. The van der Waals surface area contributed by atoms with Gasteiger partial charge in [0, 0.05) is 44.7 Å². The van der Waals surface area contributed by atoms with Gasteiger partial charge in [-0.1, -0.05) is 39.0 Å². The predicted octanol–water partition coefficient (Wildman–Crippen LogP) is 3.74. The van der Waals surface area contributed by atoms with E-state index < -0.39 is 5.43 Å². The molecule has 3 aliphatic rings. The first kappa shape index (κ1) is 24.0. The first-order valence-corrected chi connectivity index (χ1v) is 13.0. The molecule has 7 nitrogen and oxygen atoms in total. The molecular weight excluding hydrogens is 418 g/mol. The Morgan fingerprint density at radius 3 is 2.27 bits per heavy atom. The van der Waals surface area contributed by atoms with Gasteiger partial charge in [-0.15, -0.1) is 0 Å². The van der Waals surface area contributed by atoms with Gasteiger partial charge in [0.25, 0.3) is 11.8 Å². The molecule has 0 spiro atoms. The fourth-order valence-electron chi connectivity index (χ4n) is 5.32. The predicted molar refractivity (Wildman–Crippen MR) is 128 cm³/mol. The molecule has 1 aromatic heterocycles. The minimum Gasteiger partial charge on any atom is -0.376 e. The third-order valence-electron chi connectivity index (χ3n) is 7.50. The number of ether oxygens (including phenoxy) is 1. The average Bonchev–Trinajstić information content (AvgIpc) is 3.29. The topological polar surface area (TPSA) is 80.6 Å². The number of hydrogen-bond donors (Lipinski definition) is 1. The highest BCUT2D eigenvalue weighted by Crippen LogP contribution is 2.20. The Balaban J connectivity index is 1.58. The lowest BCUT2D eigenvalue weighted by atomic mass is 9.96. The van der Waals surface area contributed by atoms with Gasteiger partial charge in [-0.3, -0.25) is 14.4 Å². The molecule has 2 amide bonds. The van der Waals surface area contributed by atoms with Crippen molar-refractivity contribution < 1.29 is 14.3 Å². The number of piperidine rings is 1. The molecule has 2 aliphatic heterocycles. The summed E-state index contributed by atoms with van der Waals surface area (Å²) >= 11 is 0. The summed E-state index contributed by atoms with van der Waals surface area (Å²) in [6.45, 7) is 4.78. The van der Waals surface area contributed by atoms with Crippen LogP contribution in [0.25, 0.3) is 0 Å². The first-order chi connectivity index (χ1) is 16.0. The summed E-state index contributed by atoms with van der Waals surface area (Å²) in [7, 11) is 0. The number of rotatable bonds is 5. The fraction of sp³-hybridized carbons (Fsp3) is 0.731. The maximum Gasteiger partial charge on any atom is 0.259 e. The number of carbonyl (C=O) groups is 2. The molecule has 2 saturated heterocycles. The quantitative estimate of drug-likeness (QED) is 0.730. The van der Waals surface area contributed by atoms with Crippen LogP contribution in [0.5, 0.6) is 0 Å². The van der Waals surface area contributed by atoms with Crippen molar-refractivity contribution in [1.82, 2.24) is 14.8 Å². The summed E-state index contributed by atoms with van der Waals surface area (Å²) in [5, 5.41) is 3.11. The first-order valence-electron chi connectivity index (χ1n) is 13.0. The van der Waals surface area contributed by atoms with E-state index in [4.69, 9.17) is 4.74 Å². The van der Waals surface area contributed by atoms with E-state index in [2.05, 4.69) is 12.2 Å². The van der Waals surface area contributed by atoms with Crippen LogP contribution in [0, 0.1) is 5.92 Å². The molecule has 4 rings (SSSR count). The second-order valence-corrected chi connectivity index (χ2v) is 10.2. The van der Waals surface area contributed by atoms with Crippen molar-refractivity contribution in [2.45, 2.75) is 96.2 Å². The Morgan fingerprint density at radius 1 is 0.939 bits per heavy atom. The van der Waals surface area contributed by atoms with E-state index in [1.54, 1.807) is 17.3 Å². The summed E-state index contributed by atoms with van der Waals surface area (Å²) in [6, 6.07) is 0.0896. The molecule has 1 atom stereocenters. The number of pyridine rings is 1. The number of likely N-dealkylation sites (tertiary alicyclic amines) is 1. The molecule has 33 heavy (non-hydrogen) atoms. The number of aromatic nitrogens is 1. The minimum atomic E-state index is -0.453. The van der Waals surface area contributed by atoms with E-state index in [9.17, 15) is 14.4 Å². The van der Waals surface area contributed by atoms with Crippen LogP contribution in [0.4, 0.5) is 0 Å². The zero-order valence-corrected chi connectivity index (χ0v) is 20.0. The molecule has 1 aromatic rings. The van der Waals surface area contributed by atoms with Crippen LogP contribution in [0.15, 0.2) is 17.2 Å². The lowest BCUT2D eigenvalue weighted by Gasteiger charge is -2.30. The summed E-state index contributed by atoms with van der Waals surface area (Å²) in [6.07, 6.45) is 14.9. The summed E-state index contributed by atoms with van der Waals surface area (Å²) < 4.78 is 7.59. The molecule has 3 fully saturated rings. The van der Waals surface area contributed by atoms with Crippen LogP contribution in [0.1, 0.15) is 98.3 Å². The Morgan fingerprint density at radius 2 is 1.61 bits per heavy atom. The zero-order valence-electron chi connectivity index (χ0n) is 20.0. The maximum atomic E-state index is 13.4. The van der Waals surface area contributed by atoms with Crippen molar-refractivity contribution in [2.24, 2.45) is 5.92 Å². The highest BCUT2D eigenvalue weighted by Gasteiger charge is 2.27. The highest BCUT2D eigenvalue weighted by atomic mass is 16.5. The van der Waals surface area contributed by atoms with Gasteiger partial charge in [-0.25, -0.2) is 0 Å². The number of hydrogen-bond acceptors (Lipinski definition) is 4. The van der Waals surface area contributed by atoms with Crippen LogP contribution in [-0.2, 0) is 11.3 Å². The highest BCUT2D eigenvalue weighted by molar-refractivity contribution is 5.99. The zero-order chi connectivity index (χ0) is 23.2. The number of nitrogens with zero attached hydrogens (tertiary/aromatic N) is 2. The van der Waals surface area contributed by atoms with Gasteiger partial charge in [0.15, 0.2) is 0 Å². The number of carbonyl (C=O) groups excluding carboxylic acids is 2.